The summed E-state index contributed by atoms with van der Waals surface area (Å²) in [5, 5.41) is 9.41. The van der Waals surface area contributed by atoms with Gasteiger partial charge < -0.3 is 4.90 Å². The summed E-state index contributed by atoms with van der Waals surface area (Å²) >= 11 is 0. The number of aldehydes is 1. The summed E-state index contributed by atoms with van der Waals surface area (Å²) in [6.07, 6.45) is 6.89. The molecule has 0 bridgehead atoms. The zero-order chi connectivity index (χ0) is 15.2. The lowest BCUT2D eigenvalue weighted by Gasteiger charge is -2.32. The molecule has 0 spiro atoms. The van der Waals surface area contributed by atoms with Crippen molar-refractivity contribution in [1.29, 1.82) is 5.26 Å². The Hall–Kier alpha value is -1.82. The highest BCUT2D eigenvalue weighted by atomic mass is 16.1. The second kappa shape index (κ2) is 7.26. The first kappa shape index (κ1) is 15.6. The minimum Gasteiger partial charge on any atom is -0.367 e. The van der Waals surface area contributed by atoms with E-state index in [0.29, 0.717) is 23.1 Å². The van der Waals surface area contributed by atoms with Crippen LogP contribution in [0.15, 0.2) is 18.2 Å². The summed E-state index contributed by atoms with van der Waals surface area (Å²) in [6, 6.07) is 8.27. The molecule has 1 saturated carbocycles. The van der Waals surface area contributed by atoms with Crippen LogP contribution in [0, 0.1) is 17.2 Å². The van der Waals surface area contributed by atoms with E-state index in [2.05, 4.69) is 24.8 Å². The average Bonchev–Trinajstić information content (AvgIpc) is 3.01. The van der Waals surface area contributed by atoms with Crippen LogP contribution < -0.4 is 4.90 Å². The SMILES string of the molecule is CC(C)CCN(c1ccc(C=O)cc1C#N)C1CCCC1. The van der Waals surface area contributed by atoms with E-state index in [-0.39, 0.29) is 0 Å². The van der Waals surface area contributed by atoms with Gasteiger partial charge in [-0.3, -0.25) is 4.79 Å². The fraction of sp³-hybridized carbons (Fsp3) is 0.556. The number of nitriles is 1. The topological polar surface area (TPSA) is 44.1 Å². The first-order valence-corrected chi connectivity index (χ1v) is 7.91. The lowest BCUT2D eigenvalue weighted by molar-refractivity contribution is 0.112. The van der Waals surface area contributed by atoms with Gasteiger partial charge in [0.1, 0.15) is 12.4 Å². The van der Waals surface area contributed by atoms with Gasteiger partial charge in [0.2, 0.25) is 0 Å². The van der Waals surface area contributed by atoms with E-state index in [1.54, 1.807) is 6.07 Å². The fourth-order valence-electron chi connectivity index (χ4n) is 3.08. The van der Waals surface area contributed by atoms with Crippen LogP contribution in [0.5, 0.6) is 0 Å². The van der Waals surface area contributed by atoms with E-state index in [0.717, 1.165) is 24.9 Å². The highest BCUT2D eigenvalue weighted by Gasteiger charge is 2.24. The van der Waals surface area contributed by atoms with Crippen LogP contribution >= 0.6 is 0 Å². The maximum absolute atomic E-state index is 10.9. The van der Waals surface area contributed by atoms with E-state index in [9.17, 15) is 10.1 Å². The molecule has 1 fully saturated rings. The predicted octanol–water partition coefficient (Wildman–Crippen LogP) is 4.17. The van der Waals surface area contributed by atoms with Crippen LogP contribution in [-0.4, -0.2) is 18.9 Å². The zero-order valence-electron chi connectivity index (χ0n) is 13.0. The molecule has 3 heteroatoms. The molecule has 0 aromatic heterocycles. The second-order valence-corrected chi connectivity index (χ2v) is 6.32. The maximum Gasteiger partial charge on any atom is 0.150 e. The third-order valence-electron chi connectivity index (χ3n) is 4.30. The summed E-state index contributed by atoms with van der Waals surface area (Å²) in [5.74, 6) is 0.647. The molecule has 1 aromatic carbocycles. The van der Waals surface area contributed by atoms with Crippen LogP contribution in [0.25, 0.3) is 0 Å². The average molecular weight is 284 g/mol. The Labute approximate surface area is 127 Å². The molecule has 1 aliphatic rings. The molecule has 0 heterocycles. The highest BCUT2D eigenvalue weighted by molar-refractivity contribution is 5.78. The maximum atomic E-state index is 10.9. The van der Waals surface area contributed by atoms with Gasteiger partial charge in [0.25, 0.3) is 0 Å². The van der Waals surface area contributed by atoms with Crippen molar-refractivity contribution in [3.05, 3.63) is 29.3 Å². The Morgan fingerprint density at radius 3 is 2.67 bits per heavy atom. The number of hydrogen-bond acceptors (Lipinski definition) is 3. The summed E-state index contributed by atoms with van der Waals surface area (Å²) in [5.41, 5.74) is 2.19. The lowest BCUT2D eigenvalue weighted by atomic mass is 10.0. The van der Waals surface area contributed by atoms with Gasteiger partial charge in [0.05, 0.1) is 11.3 Å². The molecule has 3 nitrogen and oxygen atoms in total. The molecule has 0 aliphatic heterocycles. The van der Waals surface area contributed by atoms with Crippen LogP contribution in [0.3, 0.4) is 0 Å². The minimum absolute atomic E-state index is 0.540. The molecule has 1 aromatic rings. The van der Waals surface area contributed by atoms with E-state index in [1.807, 2.05) is 12.1 Å². The Balaban J connectivity index is 2.30. The standard InChI is InChI=1S/C18H24N2O/c1-14(2)9-10-20(17-5-3-4-6-17)18-8-7-15(13-21)11-16(18)12-19/h7-8,11,13-14,17H,3-6,9-10H2,1-2H3. The number of nitrogens with zero attached hydrogens (tertiary/aromatic N) is 2. The van der Waals surface area contributed by atoms with Crippen LogP contribution in [0.2, 0.25) is 0 Å². The second-order valence-electron chi connectivity index (χ2n) is 6.32. The Morgan fingerprint density at radius 1 is 1.38 bits per heavy atom. The van der Waals surface area contributed by atoms with Crippen molar-refractivity contribution in [2.45, 2.75) is 52.0 Å². The summed E-state index contributed by atoms with van der Waals surface area (Å²) < 4.78 is 0. The van der Waals surface area contributed by atoms with Crippen molar-refractivity contribution in [2.24, 2.45) is 5.92 Å². The van der Waals surface area contributed by atoms with Crippen LogP contribution in [0.1, 0.15) is 61.9 Å². The molecule has 0 radical (unpaired) electrons. The number of carbonyl (C=O) groups is 1. The predicted molar refractivity (Wildman–Crippen MR) is 85.6 cm³/mol. The first-order valence-electron chi connectivity index (χ1n) is 7.91. The van der Waals surface area contributed by atoms with Gasteiger partial charge in [-0.05, 0) is 43.4 Å². The van der Waals surface area contributed by atoms with Gasteiger partial charge in [-0.25, -0.2) is 0 Å². The minimum atomic E-state index is 0.540. The first-order chi connectivity index (χ1) is 10.2. The zero-order valence-corrected chi connectivity index (χ0v) is 13.0. The van der Waals surface area contributed by atoms with E-state index >= 15 is 0 Å². The van der Waals surface area contributed by atoms with Gasteiger partial charge in [-0.1, -0.05) is 26.7 Å². The van der Waals surface area contributed by atoms with E-state index in [4.69, 9.17) is 0 Å². The highest BCUT2D eigenvalue weighted by Crippen LogP contribution is 2.31. The molecule has 0 saturated heterocycles. The van der Waals surface area contributed by atoms with Crippen LogP contribution in [-0.2, 0) is 0 Å². The Bertz CT molecular complexity index is 525. The quantitative estimate of drug-likeness (QED) is 0.736. The Kier molecular flexibility index (Phi) is 5.38. The molecule has 1 aliphatic carbocycles. The molecular formula is C18H24N2O. The summed E-state index contributed by atoms with van der Waals surface area (Å²) in [4.78, 5) is 13.3. The molecule has 112 valence electrons. The van der Waals surface area contributed by atoms with Crippen LogP contribution in [0.4, 0.5) is 5.69 Å². The number of anilines is 1. The number of hydrogen-bond donors (Lipinski definition) is 0. The molecule has 0 unspecified atom stereocenters. The molecule has 0 N–H and O–H groups in total. The molecule has 0 amide bonds. The third-order valence-corrected chi connectivity index (χ3v) is 4.30. The smallest absolute Gasteiger partial charge is 0.150 e. The van der Waals surface area contributed by atoms with Gasteiger partial charge in [0, 0.05) is 18.2 Å². The lowest BCUT2D eigenvalue weighted by Crippen LogP contribution is -2.35. The molecule has 21 heavy (non-hydrogen) atoms. The van der Waals surface area contributed by atoms with Crippen molar-refractivity contribution in [3.8, 4) is 6.07 Å². The van der Waals surface area contributed by atoms with E-state index in [1.165, 1.54) is 25.7 Å². The number of carbonyl (C=O) groups excluding carboxylic acids is 1. The molecular weight excluding hydrogens is 260 g/mol. The number of rotatable bonds is 6. The van der Waals surface area contributed by atoms with Crippen molar-refractivity contribution < 1.29 is 4.79 Å². The third kappa shape index (κ3) is 3.85. The van der Waals surface area contributed by atoms with Crippen molar-refractivity contribution in [1.82, 2.24) is 0 Å². The van der Waals surface area contributed by atoms with Crippen molar-refractivity contribution in [3.63, 3.8) is 0 Å². The summed E-state index contributed by atoms with van der Waals surface area (Å²) in [7, 11) is 0. The van der Waals surface area contributed by atoms with E-state index < -0.39 is 0 Å². The fourth-order valence-corrected chi connectivity index (χ4v) is 3.08. The van der Waals surface area contributed by atoms with Crippen molar-refractivity contribution >= 4 is 12.0 Å². The number of benzene rings is 1. The van der Waals surface area contributed by atoms with Gasteiger partial charge in [0.15, 0.2) is 0 Å². The normalized spacial score (nSPS) is 15.1. The summed E-state index contributed by atoms with van der Waals surface area (Å²) in [6.45, 7) is 5.44. The Morgan fingerprint density at radius 2 is 2.10 bits per heavy atom. The van der Waals surface area contributed by atoms with Gasteiger partial charge in [-0.15, -0.1) is 0 Å². The van der Waals surface area contributed by atoms with Gasteiger partial charge >= 0.3 is 0 Å². The monoisotopic (exact) mass is 284 g/mol. The largest absolute Gasteiger partial charge is 0.367 e. The molecule has 0 atom stereocenters. The molecule has 2 rings (SSSR count). The van der Waals surface area contributed by atoms with Crippen molar-refractivity contribution in [2.75, 3.05) is 11.4 Å². The van der Waals surface area contributed by atoms with Gasteiger partial charge in [-0.2, -0.15) is 5.26 Å².